The molecule has 0 saturated carbocycles. The van der Waals surface area contributed by atoms with Crippen LogP contribution in [0, 0.1) is 12.7 Å². The second-order valence-electron chi connectivity index (χ2n) is 4.66. The first-order valence-electron chi connectivity index (χ1n) is 6.24. The summed E-state index contributed by atoms with van der Waals surface area (Å²) in [5.74, 6) is -0.325. The minimum atomic E-state index is -0.325. The molecule has 2 aromatic rings. The lowest BCUT2D eigenvalue weighted by molar-refractivity contribution is 0.533. The third-order valence-electron chi connectivity index (χ3n) is 3.37. The summed E-state index contributed by atoms with van der Waals surface area (Å²) >= 11 is 12.3. The Bertz CT molecular complexity index is 605. The second kappa shape index (κ2) is 6.12. The Balaban J connectivity index is 2.39. The number of nitrogens with one attached hydrogen (secondary N) is 1. The molecule has 0 aliphatic carbocycles. The number of benzene rings is 1. The highest BCUT2D eigenvalue weighted by molar-refractivity contribution is 6.31. The van der Waals surface area contributed by atoms with Gasteiger partial charge in [-0.1, -0.05) is 29.3 Å². The SMILES string of the molecule is CNC(Cc1c(C)nn(C)c1Cl)c1c(F)cccc1Cl. The van der Waals surface area contributed by atoms with Crippen molar-refractivity contribution in [3.63, 3.8) is 0 Å². The molecule has 3 nitrogen and oxygen atoms in total. The summed E-state index contributed by atoms with van der Waals surface area (Å²) in [6, 6.07) is 4.42. The molecular weight excluding hydrogens is 300 g/mol. The number of rotatable bonds is 4. The maximum absolute atomic E-state index is 14.0. The van der Waals surface area contributed by atoms with Gasteiger partial charge in [0.1, 0.15) is 11.0 Å². The number of aryl methyl sites for hydroxylation is 2. The highest BCUT2D eigenvalue weighted by Gasteiger charge is 2.21. The summed E-state index contributed by atoms with van der Waals surface area (Å²) in [6.45, 7) is 1.89. The van der Waals surface area contributed by atoms with Gasteiger partial charge in [-0.2, -0.15) is 5.10 Å². The lowest BCUT2D eigenvalue weighted by Crippen LogP contribution is -2.21. The third kappa shape index (κ3) is 2.82. The number of aromatic nitrogens is 2. The highest BCUT2D eigenvalue weighted by atomic mass is 35.5. The van der Waals surface area contributed by atoms with E-state index in [2.05, 4.69) is 10.4 Å². The summed E-state index contributed by atoms with van der Waals surface area (Å²) in [7, 11) is 3.55. The van der Waals surface area contributed by atoms with Crippen molar-refractivity contribution in [1.29, 1.82) is 0 Å². The fourth-order valence-electron chi connectivity index (χ4n) is 2.30. The average Bonchev–Trinajstić information content (AvgIpc) is 2.63. The Kier molecular flexibility index (Phi) is 4.68. The van der Waals surface area contributed by atoms with E-state index in [-0.39, 0.29) is 11.9 Å². The van der Waals surface area contributed by atoms with Crippen LogP contribution in [0.15, 0.2) is 18.2 Å². The molecule has 0 spiro atoms. The van der Waals surface area contributed by atoms with Crippen molar-refractivity contribution in [2.24, 2.45) is 7.05 Å². The Labute approximate surface area is 127 Å². The third-order valence-corrected chi connectivity index (χ3v) is 4.18. The molecule has 20 heavy (non-hydrogen) atoms. The van der Waals surface area contributed by atoms with Crippen LogP contribution in [0.5, 0.6) is 0 Å². The summed E-state index contributed by atoms with van der Waals surface area (Å²) in [4.78, 5) is 0. The maximum Gasteiger partial charge on any atom is 0.130 e. The highest BCUT2D eigenvalue weighted by Crippen LogP contribution is 2.31. The van der Waals surface area contributed by atoms with Crippen LogP contribution in [0.2, 0.25) is 10.2 Å². The molecule has 108 valence electrons. The average molecular weight is 316 g/mol. The van der Waals surface area contributed by atoms with Gasteiger partial charge >= 0.3 is 0 Å². The van der Waals surface area contributed by atoms with Crippen LogP contribution in [0.4, 0.5) is 4.39 Å². The second-order valence-corrected chi connectivity index (χ2v) is 5.42. The van der Waals surface area contributed by atoms with Gasteiger partial charge in [0.25, 0.3) is 0 Å². The van der Waals surface area contributed by atoms with E-state index in [4.69, 9.17) is 23.2 Å². The largest absolute Gasteiger partial charge is 0.313 e. The normalized spacial score (nSPS) is 12.7. The lowest BCUT2D eigenvalue weighted by Gasteiger charge is -2.18. The first-order valence-corrected chi connectivity index (χ1v) is 7.00. The van der Waals surface area contributed by atoms with Crippen LogP contribution in [-0.4, -0.2) is 16.8 Å². The fourth-order valence-corrected chi connectivity index (χ4v) is 2.85. The van der Waals surface area contributed by atoms with Crippen LogP contribution in [0.25, 0.3) is 0 Å². The van der Waals surface area contributed by atoms with Crippen molar-refractivity contribution < 1.29 is 4.39 Å². The molecule has 0 bridgehead atoms. The molecule has 1 aromatic heterocycles. The quantitative estimate of drug-likeness (QED) is 0.932. The van der Waals surface area contributed by atoms with Gasteiger partial charge < -0.3 is 5.32 Å². The van der Waals surface area contributed by atoms with E-state index in [9.17, 15) is 4.39 Å². The van der Waals surface area contributed by atoms with E-state index in [1.807, 2.05) is 6.92 Å². The zero-order valence-electron chi connectivity index (χ0n) is 11.5. The summed E-state index contributed by atoms with van der Waals surface area (Å²) in [5, 5.41) is 8.33. The Morgan fingerprint density at radius 3 is 2.60 bits per heavy atom. The van der Waals surface area contributed by atoms with E-state index < -0.39 is 0 Å². The van der Waals surface area contributed by atoms with Crippen molar-refractivity contribution in [1.82, 2.24) is 15.1 Å². The molecule has 0 amide bonds. The van der Waals surface area contributed by atoms with Crippen molar-refractivity contribution in [2.75, 3.05) is 7.05 Å². The van der Waals surface area contributed by atoms with Crippen LogP contribution < -0.4 is 5.32 Å². The van der Waals surface area contributed by atoms with Crippen molar-refractivity contribution in [3.8, 4) is 0 Å². The van der Waals surface area contributed by atoms with Crippen LogP contribution in [-0.2, 0) is 13.5 Å². The molecular formula is C14H16Cl2FN3. The molecule has 0 saturated heterocycles. The minimum absolute atomic E-state index is 0.260. The monoisotopic (exact) mass is 315 g/mol. The van der Waals surface area contributed by atoms with Crippen LogP contribution in [0.3, 0.4) is 0 Å². The predicted octanol–water partition coefficient (Wildman–Crippen LogP) is 3.68. The first-order chi connectivity index (χ1) is 9.45. The minimum Gasteiger partial charge on any atom is -0.313 e. The van der Waals surface area contributed by atoms with Gasteiger partial charge in [-0.05, 0) is 32.5 Å². The molecule has 0 fully saturated rings. The van der Waals surface area contributed by atoms with Crippen LogP contribution >= 0.6 is 23.2 Å². The van der Waals surface area contributed by atoms with Gasteiger partial charge in [0.05, 0.1) is 5.69 Å². The molecule has 1 heterocycles. The summed E-state index contributed by atoms with van der Waals surface area (Å²) in [6.07, 6.45) is 0.523. The molecule has 0 aliphatic heterocycles. The topological polar surface area (TPSA) is 29.9 Å². The van der Waals surface area contributed by atoms with Crippen molar-refractivity contribution in [3.05, 3.63) is 51.0 Å². The summed E-state index contributed by atoms with van der Waals surface area (Å²) < 4.78 is 15.6. The van der Waals surface area contributed by atoms with Crippen molar-refractivity contribution >= 4 is 23.2 Å². The van der Waals surface area contributed by atoms with E-state index in [1.165, 1.54) is 6.07 Å². The predicted molar refractivity (Wildman–Crippen MR) is 79.9 cm³/mol. The first kappa shape index (κ1) is 15.3. The lowest BCUT2D eigenvalue weighted by atomic mass is 9.99. The zero-order valence-corrected chi connectivity index (χ0v) is 13.1. The van der Waals surface area contributed by atoms with E-state index in [0.29, 0.717) is 22.2 Å². The van der Waals surface area contributed by atoms with E-state index >= 15 is 0 Å². The molecule has 2 rings (SSSR count). The molecule has 1 N–H and O–H groups in total. The number of likely N-dealkylation sites (N-methyl/N-ethyl adjacent to an activating group) is 1. The molecule has 0 aliphatic rings. The molecule has 1 aromatic carbocycles. The van der Waals surface area contributed by atoms with Gasteiger partial charge in [0, 0.05) is 29.2 Å². The van der Waals surface area contributed by atoms with Gasteiger partial charge in [-0.15, -0.1) is 0 Å². The van der Waals surface area contributed by atoms with Gasteiger partial charge in [-0.3, -0.25) is 4.68 Å². The Hall–Kier alpha value is -1.10. The Morgan fingerprint density at radius 1 is 1.40 bits per heavy atom. The van der Waals surface area contributed by atoms with E-state index in [0.717, 1.165) is 11.3 Å². The van der Waals surface area contributed by atoms with Gasteiger partial charge in [-0.25, -0.2) is 4.39 Å². The fraction of sp³-hybridized carbons (Fsp3) is 0.357. The molecule has 1 unspecified atom stereocenters. The number of halogens is 3. The molecule has 0 radical (unpaired) electrons. The standard InChI is InChI=1S/C14H16Cl2FN3/c1-8-9(14(16)20(3)19-8)7-12(18-2)13-10(15)5-4-6-11(13)17/h4-6,12,18H,7H2,1-3H3. The molecule has 1 atom stereocenters. The van der Waals surface area contributed by atoms with Gasteiger partial charge in [0.15, 0.2) is 0 Å². The smallest absolute Gasteiger partial charge is 0.130 e. The number of hydrogen-bond donors (Lipinski definition) is 1. The van der Waals surface area contributed by atoms with Crippen LogP contribution in [0.1, 0.15) is 22.9 Å². The van der Waals surface area contributed by atoms with Crippen molar-refractivity contribution in [2.45, 2.75) is 19.4 Å². The van der Waals surface area contributed by atoms with Gasteiger partial charge in [0.2, 0.25) is 0 Å². The zero-order chi connectivity index (χ0) is 14.9. The number of nitrogens with zero attached hydrogens (tertiary/aromatic N) is 2. The van der Waals surface area contributed by atoms with E-state index in [1.54, 1.807) is 30.9 Å². The summed E-state index contributed by atoms with van der Waals surface area (Å²) in [5.41, 5.74) is 2.19. The maximum atomic E-state index is 14.0. The number of hydrogen-bond acceptors (Lipinski definition) is 2. The Morgan fingerprint density at radius 2 is 2.10 bits per heavy atom. The molecule has 6 heteroatoms.